The van der Waals surface area contributed by atoms with Gasteiger partial charge in [-0.3, -0.25) is 14.2 Å². The van der Waals surface area contributed by atoms with Crippen LogP contribution in [0.15, 0.2) is 0 Å². The fourth-order valence-corrected chi connectivity index (χ4v) is 4.54. The number of nitrogens with one attached hydrogen (secondary N) is 1. The van der Waals surface area contributed by atoms with Gasteiger partial charge in [0.15, 0.2) is 0 Å². The van der Waals surface area contributed by atoms with Crippen LogP contribution in [-0.2, 0) is 18.7 Å². The van der Waals surface area contributed by atoms with Gasteiger partial charge in [0.25, 0.3) is 0 Å². The van der Waals surface area contributed by atoms with Gasteiger partial charge < -0.3 is 20.5 Å². The van der Waals surface area contributed by atoms with E-state index in [1.54, 1.807) is 6.92 Å². The number of unbranched alkanes of at least 4 members (excludes halogenated alkanes) is 18. The van der Waals surface area contributed by atoms with E-state index in [1.165, 1.54) is 103 Å². The zero-order valence-electron chi connectivity index (χ0n) is 24.5. The van der Waals surface area contributed by atoms with E-state index in [0.717, 1.165) is 25.7 Å². The number of hydrogen-bond acceptors (Lipinski definition) is 4. The van der Waals surface area contributed by atoms with Crippen molar-refractivity contribution in [3.63, 3.8) is 0 Å². The van der Waals surface area contributed by atoms with Crippen LogP contribution in [0.25, 0.3) is 0 Å². The van der Waals surface area contributed by atoms with Gasteiger partial charge >= 0.3 is 37.8 Å². The van der Waals surface area contributed by atoms with E-state index in [2.05, 4.69) is 23.7 Å². The summed E-state index contributed by atoms with van der Waals surface area (Å²) in [6, 6.07) is -0.226. The van der Waals surface area contributed by atoms with Gasteiger partial charge in [0, 0.05) is 18.9 Å². The molecule has 0 aromatic carbocycles. The van der Waals surface area contributed by atoms with Crippen molar-refractivity contribution < 1.29 is 23.6 Å². The molecule has 0 radical (unpaired) electrons. The van der Waals surface area contributed by atoms with Gasteiger partial charge in [-0.1, -0.05) is 129 Å². The summed E-state index contributed by atoms with van der Waals surface area (Å²) in [5.74, 6) is -0.164. The van der Waals surface area contributed by atoms with E-state index < -0.39 is 8.25 Å². The average molecular weight is 573 g/mol. The number of rotatable bonds is 26. The number of nitrogens with two attached hydrogens (primary N) is 1. The second-order valence-corrected chi connectivity index (χ2v) is 11.2. The van der Waals surface area contributed by atoms with Crippen molar-refractivity contribution in [1.29, 1.82) is 0 Å². The molecule has 0 fully saturated rings. The van der Waals surface area contributed by atoms with E-state index in [4.69, 9.17) is 10.6 Å². The molecular formula is C29H62N2NaO5P. The van der Waals surface area contributed by atoms with E-state index in [-0.39, 0.29) is 54.0 Å². The minimum atomic E-state index is -2.90. The average Bonchev–Trinajstić information content (AvgIpc) is 2.85. The molecule has 0 saturated carbocycles. The first-order valence-corrected chi connectivity index (χ1v) is 16.5. The number of hydrogen-bond donors (Lipinski definition) is 3. The van der Waals surface area contributed by atoms with Crippen LogP contribution in [0.3, 0.4) is 0 Å². The van der Waals surface area contributed by atoms with Gasteiger partial charge in [-0.2, -0.15) is 0 Å². The van der Waals surface area contributed by atoms with Crippen molar-refractivity contribution >= 4 is 49.6 Å². The van der Waals surface area contributed by atoms with Crippen molar-refractivity contribution in [3.8, 4) is 0 Å². The van der Waals surface area contributed by atoms with Crippen LogP contribution in [-0.4, -0.2) is 58.9 Å². The molecule has 0 aliphatic heterocycles. The van der Waals surface area contributed by atoms with Crippen molar-refractivity contribution in [2.24, 2.45) is 5.73 Å². The van der Waals surface area contributed by atoms with Crippen LogP contribution in [0, 0.1) is 0 Å². The predicted molar refractivity (Wildman–Crippen MR) is 164 cm³/mol. The van der Waals surface area contributed by atoms with Crippen molar-refractivity contribution in [2.75, 3.05) is 6.61 Å². The summed E-state index contributed by atoms with van der Waals surface area (Å²) < 4.78 is 15.0. The van der Waals surface area contributed by atoms with Crippen LogP contribution in [0.1, 0.15) is 162 Å². The van der Waals surface area contributed by atoms with Gasteiger partial charge in [0.1, 0.15) is 0 Å². The van der Waals surface area contributed by atoms with E-state index in [9.17, 15) is 14.2 Å². The molecule has 4 N–H and O–H groups in total. The van der Waals surface area contributed by atoms with Crippen LogP contribution < -0.4 is 11.1 Å². The molecule has 7 nitrogen and oxygen atoms in total. The molecular weight excluding hydrogens is 510 g/mol. The normalized spacial score (nSPS) is 12.1. The fourth-order valence-electron chi connectivity index (χ4n) is 4.14. The SMILES string of the molecule is CCCCCCCCCCCC(N)=O.CCCCCCCCCCCCCC(=O)NC(C)CO[PH](=O)O.[NaH]. The zero-order valence-corrected chi connectivity index (χ0v) is 25.5. The first kappa shape index (κ1) is 42.6. The van der Waals surface area contributed by atoms with Gasteiger partial charge in [0.2, 0.25) is 11.8 Å². The van der Waals surface area contributed by atoms with Crippen molar-refractivity contribution in [1.82, 2.24) is 5.32 Å². The molecule has 0 aromatic heterocycles. The van der Waals surface area contributed by atoms with Crippen molar-refractivity contribution in [3.05, 3.63) is 0 Å². The van der Waals surface area contributed by atoms with Gasteiger partial charge in [-0.15, -0.1) is 0 Å². The quantitative estimate of drug-likeness (QED) is 0.0569. The number of amides is 2. The molecule has 2 atom stereocenters. The predicted octanol–water partition coefficient (Wildman–Crippen LogP) is 7.33. The first-order chi connectivity index (χ1) is 17.8. The van der Waals surface area contributed by atoms with Crippen LogP contribution in [0.2, 0.25) is 0 Å². The summed E-state index contributed by atoms with van der Waals surface area (Å²) in [6.07, 6.45) is 26.6. The van der Waals surface area contributed by atoms with Crippen LogP contribution >= 0.6 is 8.25 Å². The summed E-state index contributed by atoms with van der Waals surface area (Å²) in [4.78, 5) is 30.7. The third kappa shape index (κ3) is 40.6. The first-order valence-electron chi connectivity index (χ1n) is 15.3. The Morgan fingerprint density at radius 1 is 0.711 bits per heavy atom. The molecule has 0 saturated heterocycles. The summed E-state index contributed by atoms with van der Waals surface area (Å²) in [5, 5.41) is 2.77. The van der Waals surface area contributed by atoms with E-state index >= 15 is 0 Å². The molecule has 2 amide bonds. The summed E-state index contributed by atoms with van der Waals surface area (Å²) in [6.45, 7) is 6.33. The monoisotopic (exact) mass is 572 g/mol. The Hall–Kier alpha value is 0.0900. The molecule has 2 unspecified atom stereocenters. The minimum absolute atomic E-state index is 0. The second kappa shape index (κ2) is 35.1. The summed E-state index contributed by atoms with van der Waals surface area (Å²) >= 11 is 0. The summed E-state index contributed by atoms with van der Waals surface area (Å²) in [7, 11) is -2.90. The Morgan fingerprint density at radius 3 is 1.39 bits per heavy atom. The Bertz CT molecular complexity index is 541. The number of carbonyl (C=O) groups excluding carboxylic acids is 2. The summed E-state index contributed by atoms with van der Waals surface area (Å²) in [5.41, 5.74) is 5.05. The number of carbonyl (C=O) groups is 2. The molecule has 38 heavy (non-hydrogen) atoms. The van der Waals surface area contributed by atoms with Crippen LogP contribution in [0.4, 0.5) is 0 Å². The molecule has 224 valence electrons. The Morgan fingerprint density at radius 2 is 1.05 bits per heavy atom. The van der Waals surface area contributed by atoms with E-state index in [0.29, 0.717) is 12.8 Å². The Labute approximate surface area is 257 Å². The topological polar surface area (TPSA) is 119 Å². The van der Waals surface area contributed by atoms with Gasteiger partial charge in [0.05, 0.1) is 6.61 Å². The third-order valence-corrected chi connectivity index (χ3v) is 6.81. The molecule has 0 aliphatic rings. The van der Waals surface area contributed by atoms with E-state index in [1.807, 2.05) is 0 Å². The molecule has 0 heterocycles. The molecule has 0 bridgehead atoms. The zero-order chi connectivity index (χ0) is 28.0. The molecule has 9 heteroatoms. The Balaban J connectivity index is -0.000000703. The van der Waals surface area contributed by atoms with Crippen molar-refractivity contribution in [2.45, 2.75) is 168 Å². The molecule has 0 rings (SSSR count). The fraction of sp³-hybridized carbons (Fsp3) is 0.931. The number of primary amides is 1. The molecule has 0 aromatic rings. The second-order valence-electron chi connectivity index (χ2n) is 10.4. The maximum atomic E-state index is 11.7. The molecule has 0 spiro atoms. The molecule has 0 aliphatic carbocycles. The standard InChI is InChI=1S/C17H36NO4P.C12H25NO.Na.H/c1-3-4-5-6-7-8-9-10-11-12-13-14-17(19)18-16(2)15-22-23(20)21;1-2-3-4-5-6-7-8-9-10-11-12(13)14;;/h16,23H,3-15H2,1-2H3,(H,18,19)(H,20,21);2-11H2,1H3,(H2,13,14);;. The van der Waals surface area contributed by atoms with Crippen LogP contribution in [0.5, 0.6) is 0 Å². The third-order valence-electron chi connectivity index (χ3n) is 6.40. The Kier molecular flexibility index (Phi) is 39.3. The van der Waals surface area contributed by atoms with Gasteiger partial charge in [-0.25, -0.2) is 0 Å². The maximum absolute atomic E-state index is 11.7. The van der Waals surface area contributed by atoms with Gasteiger partial charge in [-0.05, 0) is 19.8 Å².